The van der Waals surface area contributed by atoms with Crippen LogP contribution in [0.25, 0.3) is 0 Å². The van der Waals surface area contributed by atoms with Gasteiger partial charge in [0, 0.05) is 0 Å². The number of aryl methyl sites for hydroxylation is 1. The summed E-state index contributed by atoms with van der Waals surface area (Å²) in [5.41, 5.74) is 3.37. The van der Waals surface area contributed by atoms with Crippen molar-refractivity contribution in [3.63, 3.8) is 0 Å². The average Bonchev–Trinajstić information content (AvgIpc) is 2.22. The van der Waals surface area contributed by atoms with E-state index >= 15 is 0 Å². The minimum Gasteiger partial charge on any atom is -0.494 e. The van der Waals surface area contributed by atoms with Crippen LogP contribution in [-0.2, 0) is 0 Å². The molecular weight excluding hydrogens is 200 g/mol. The van der Waals surface area contributed by atoms with Crippen molar-refractivity contribution < 1.29 is 4.74 Å². The molecule has 16 heavy (non-hydrogen) atoms. The third-order valence-corrected chi connectivity index (χ3v) is 2.53. The van der Waals surface area contributed by atoms with Crippen LogP contribution < -0.4 is 10.6 Å². The quantitative estimate of drug-likeness (QED) is 0.482. The Labute approximate surface area is 97.3 Å². The van der Waals surface area contributed by atoms with E-state index in [9.17, 15) is 0 Å². The van der Waals surface area contributed by atoms with Gasteiger partial charge >= 0.3 is 0 Å². The SMILES string of the molecule is CCOc1cc(C)c(C=NN)cc1C(C)C. The molecule has 0 amide bonds. The maximum atomic E-state index is 5.64. The van der Waals surface area contributed by atoms with Crippen LogP contribution in [0.3, 0.4) is 0 Å². The number of hydrogen-bond acceptors (Lipinski definition) is 3. The third kappa shape index (κ3) is 2.75. The molecule has 3 nitrogen and oxygen atoms in total. The molecule has 0 aromatic heterocycles. The van der Waals surface area contributed by atoms with Crippen molar-refractivity contribution in [2.24, 2.45) is 10.9 Å². The Hall–Kier alpha value is -1.51. The van der Waals surface area contributed by atoms with Crippen LogP contribution in [0.4, 0.5) is 0 Å². The van der Waals surface area contributed by atoms with Gasteiger partial charge in [-0.15, -0.1) is 0 Å². The van der Waals surface area contributed by atoms with Crippen LogP contribution >= 0.6 is 0 Å². The summed E-state index contributed by atoms with van der Waals surface area (Å²) in [4.78, 5) is 0. The Morgan fingerprint density at radius 3 is 2.62 bits per heavy atom. The topological polar surface area (TPSA) is 47.6 Å². The fraction of sp³-hybridized carbons (Fsp3) is 0.462. The highest BCUT2D eigenvalue weighted by molar-refractivity contribution is 5.82. The lowest BCUT2D eigenvalue weighted by Gasteiger charge is -2.15. The molecule has 1 aromatic rings. The Bertz CT molecular complexity index is 384. The largest absolute Gasteiger partial charge is 0.494 e. The smallest absolute Gasteiger partial charge is 0.123 e. The summed E-state index contributed by atoms with van der Waals surface area (Å²) in [5, 5.41) is 3.58. The summed E-state index contributed by atoms with van der Waals surface area (Å²) in [5.74, 6) is 6.58. The molecule has 1 aromatic carbocycles. The van der Waals surface area contributed by atoms with Crippen LogP contribution in [0, 0.1) is 6.92 Å². The third-order valence-electron chi connectivity index (χ3n) is 2.53. The molecule has 0 fully saturated rings. The minimum atomic E-state index is 0.423. The lowest BCUT2D eigenvalue weighted by Crippen LogP contribution is -2.01. The van der Waals surface area contributed by atoms with Crippen molar-refractivity contribution >= 4 is 6.21 Å². The highest BCUT2D eigenvalue weighted by Gasteiger charge is 2.10. The zero-order valence-electron chi connectivity index (χ0n) is 10.4. The first kappa shape index (κ1) is 12.6. The first-order chi connectivity index (χ1) is 7.60. The maximum Gasteiger partial charge on any atom is 0.123 e. The molecule has 0 atom stereocenters. The van der Waals surface area contributed by atoms with E-state index in [1.165, 1.54) is 5.56 Å². The average molecular weight is 220 g/mol. The number of hydrogen-bond donors (Lipinski definition) is 1. The van der Waals surface area contributed by atoms with Gasteiger partial charge in [-0.25, -0.2) is 0 Å². The molecule has 0 aliphatic rings. The van der Waals surface area contributed by atoms with E-state index < -0.39 is 0 Å². The van der Waals surface area contributed by atoms with E-state index in [-0.39, 0.29) is 0 Å². The second-order valence-corrected chi connectivity index (χ2v) is 4.11. The molecule has 0 aliphatic carbocycles. The predicted molar refractivity (Wildman–Crippen MR) is 68.2 cm³/mol. The molecule has 0 unspecified atom stereocenters. The molecule has 0 radical (unpaired) electrons. The molecule has 0 saturated carbocycles. The number of rotatable bonds is 4. The van der Waals surface area contributed by atoms with Gasteiger partial charge in [0.05, 0.1) is 12.8 Å². The van der Waals surface area contributed by atoms with Gasteiger partial charge in [0.15, 0.2) is 0 Å². The Morgan fingerprint density at radius 1 is 1.44 bits per heavy atom. The van der Waals surface area contributed by atoms with E-state index in [0.717, 1.165) is 16.9 Å². The van der Waals surface area contributed by atoms with Crippen LogP contribution in [0.15, 0.2) is 17.2 Å². The van der Waals surface area contributed by atoms with Gasteiger partial charge in [0.1, 0.15) is 5.75 Å². The van der Waals surface area contributed by atoms with Gasteiger partial charge in [-0.2, -0.15) is 5.10 Å². The van der Waals surface area contributed by atoms with Gasteiger partial charge in [0.2, 0.25) is 0 Å². The highest BCUT2D eigenvalue weighted by Crippen LogP contribution is 2.29. The highest BCUT2D eigenvalue weighted by atomic mass is 16.5. The fourth-order valence-corrected chi connectivity index (χ4v) is 1.67. The number of nitrogens with two attached hydrogens (primary N) is 1. The molecule has 0 heterocycles. The normalized spacial score (nSPS) is 11.3. The van der Waals surface area contributed by atoms with Crippen molar-refractivity contribution in [1.29, 1.82) is 0 Å². The lowest BCUT2D eigenvalue weighted by atomic mass is 9.97. The summed E-state index contributed by atoms with van der Waals surface area (Å²) in [6.07, 6.45) is 1.68. The van der Waals surface area contributed by atoms with Gasteiger partial charge in [0.25, 0.3) is 0 Å². The van der Waals surface area contributed by atoms with Gasteiger partial charge in [-0.05, 0) is 48.6 Å². The summed E-state index contributed by atoms with van der Waals surface area (Å²) in [7, 11) is 0. The van der Waals surface area contributed by atoms with Crippen LogP contribution in [-0.4, -0.2) is 12.8 Å². The minimum absolute atomic E-state index is 0.423. The molecule has 1 rings (SSSR count). The standard InChI is InChI=1S/C13H20N2O/c1-5-16-13-6-10(4)11(8-15-14)7-12(13)9(2)3/h6-9H,5,14H2,1-4H3. The first-order valence-electron chi connectivity index (χ1n) is 5.60. The first-order valence-corrected chi connectivity index (χ1v) is 5.60. The van der Waals surface area contributed by atoms with Gasteiger partial charge in [-0.1, -0.05) is 13.8 Å². The Kier molecular flexibility index (Phi) is 4.35. The molecule has 0 aliphatic heterocycles. The van der Waals surface area contributed by atoms with Gasteiger partial charge < -0.3 is 10.6 Å². The molecule has 0 saturated heterocycles. The van der Waals surface area contributed by atoms with E-state index in [1.807, 2.05) is 13.8 Å². The molecule has 2 N–H and O–H groups in total. The Balaban J connectivity index is 3.25. The number of ether oxygens (including phenoxy) is 1. The van der Waals surface area contributed by atoms with Crippen LogP contribution in [0.1, 0.15) is 43.4 Å². The Morgan fingerprint density at radius 2 is 2.12 bits per heavy atom. The number of benzene rings is 1. The van der Waals surface area contributed by atoms with Crippen LogP contribution in [0.2, 0.25) is 0 Å². The number of hydrazone groups is 1. The van der Waals surface area contributed by atoms with Crippen molar-refractivity contribution in [2.75, 3.05) is 6.61 Å². The number of nitrogens with zero attached hydrogens (tertiary/aromatic N) is 1. The molecule has 3 heteroatoms. The zero-order valence-corrected chi connectivity index (χ0v) is 10.4. The fourth-order valence-electron chi connectivity index (χ4n) is 1.67. The van der Waals surface area contributed by atoms with E-state index in [0.29, 0.717) is 12.5 Å². The zero-order chi connectivity index (χ0) is 12.1. The predicted octanol–water partition coefficient (Wildman–Crippen LogP) is 2.81. The van der Waals surface area contributed by atoms with Crippen molar-refractivity contribution in [3.8, 4) is 5.75 Å². The van der Waals surface area contributed by atoms with Crippen LogP contribution in [0.5, 0.6) is 5.75 Å². The van der Waals surface area contributed by atoms with E-state index in [2.05, 4.69) is 31.1 Å². The summed E-state index contributed by atoms with van der Waals surface area (Å²) >= 11 is 0. The summed E-state index contributed by atoms with van der Waals surface area (Å²) in [6.45, 7) is 9.01. The maximum absolute atomic E-state index is 5.64. The molecule has 88 valence electrons. The summed E-state index contributed by atoms with van der Waals surface area (Å²) in [6, 6.07) is 4.15. The summed E-state index contributed by atoms with van der Waals surface area (Å²) < 4.78 is 5.64. The van der Waals surface area contributed by atoms with Crippen molar-refractivity contribution in [3.05, 3.63) is 28.8 Å². The molecule has 0 spiro atoms. The molecule has 0 bridgehead atoms. The second kappa shape index (κ2) is 5.54. The monoisotopic (exact) mass is 220 g/mol. The lowest BCUT2D eigenvalue weighted by molar-refractivity contribution is 0.335. The van der Waals surface area contributed by atoms with Gasteiger partial charge in [-0.3, -0.25) is 0 Å². The molecular formula is C13H20N2O. The van der Waals surface area contributed by atoms with Crippen molar-refractivity contribution in [2.45, 2.75) is 33.6 Å². The van der Waals surface area contributed by atoms with Crippen molar-refractivity contribution in [1.82, 2.24) is 0 Å². The second-order valence-electron chi connectivity index (χ2n) is 4.11. The van der Waals surface area contributed by atoms with E-state index in [1.54, 1.807) is 6.21 Å². The van der Waals surface area contributed by atoms with E-state index in [4.69, 9.17) is 10.6 Å².